The summed E-state index contributed by atoms with van der Waals surface area (Å²) in [5.74, 6) is -1.56. The number of aromatic nitrogens is 1. The van der Waals surface area contributed by atoms with Gasteiger partial charge in [-0.15, -0.1) is 0 Å². The minimum atomic E-state index is -0.717. The average Bonchev–Trinajstić information content (AvgIpc) is 2.09. The molecule has 1 aromatic heterocycles. The summed E-state index contributed by atoms with van der Waals surface area (Å²) in [7, 11) is 1.21. The lowest BCUT2D eigenvalue weighted by molar-refractivity contribution is -0.139. The van der Waals surface area contributed by atoms with E-state index < -0.39 is 11.8 Å². The standard InChI is InChI=1S/C8H8FNO3/c1-13-8(12)3-7-6(9)2-5(11)4-10-7/h2,4,11H,3H2,1H3. The third-order valence-corrected chi connectivity index (χ3v) is 1.44. The lowest BCUT2D eigenvalue weighted by Gasteiger charge is -2.00. The van der Waals surface area contributed by atoms with Gasteiger partial charge in [0.25, 0.3) is 0 Å². The fourth-order valence-electron chi connectivity index (χ4n) is 0.795. The summed E-state index contributed by atoms with van der Waals surface area (Å²) in [5.41, 5.74) is -0.0374. The number of ether oxygens (including phenoxy) is 1. The number of pyridine rings is 1. The summed E-state index contributed by atoms with van der Waals surface area (Å²) >= 11 is 0. The molecule has 1 rings (SSSR count). The summed E-state index contributed by atoms with van der Waals surface area (Å²) in [6.45, 7) is 0. The first-order valence-electron chi connectivity index (χ1n) is 3.53. The van der Waals surface area contributed by atoms with Crippen LogP contribution in [0.3, 0.4) is 0 Å². The molecule has 70 valence electrons. The van der Waals surface area contributed by atoms with Crippen LogP contribution in [-0.2, 0) is 16.0 Å². The zero-order chi connectivity index (χ0) is 9.84. The molecular weight excluding hydrogens is 177 g/mol. The number of halogens is 1. The number of carbonyl (C=O) groups is 1. The molecule has 0 aliphatic rings. The molecule has 0 amide bonds. The van der Waals surface area contributed by atoms with E-state index in [-0.39, 0.29) is 17.9 Å². The molecule has 0 spiro atoms. The van der Waals surface area contributed by atoms with E-state index in [0.29, 0.717) is 0 Å². The molecule has 0 saturated heterocycles. The highest BCUT2D eigenvalue weighted by atomic mass is 19.1. The number of rotatable bonds is 2. The number of esters is 1. The Morgan fingerprint density at radius 1 is 1.77 bits per heavy atom. The Bertz CT molecular complexity index is 327. The molecule has 0 aliphatic carbocycles. The molecule has 0 atom stereocenters. The predicted octanol–water partition coefficient (Wildman–Crippen LogP) is 0.642. The Hall–Kier alpha value is -1.65. The van der Waals surface area contributed by atoms with Crippen LogP contribution in [-0.4, -0.2) is 23.2 Å². The Morgan fingerprint density at radius 2 is 2.46 bits per heavy atom. The molecule has 0 radical (unpaired) electrons. The van der Waals surface area contributed by atoms with E-state index in [0.717, 1.165) is 12.3 Å². The lowest BCUT2D eigenvalue weighted by atomic mass is 10.2. The van der Waals surface area contributed by atoms with Gasteiger partial charge in [0.05, 0.1) is 25.4 Å². The van der Waals surface area contributed by atoms with Crippen LogP contribution in [0.25, 0.3) is 0 Å². The van der Waals surface area contributed by atoms with Crippen molar-refractivity contribution < 1.29 is 19.0 Å². The minimum absolute atomic E-state index is 0.0374. The second-order valence-electron chi connectivity index (χ2n) is 2.37. The summed E-state index contributed by atoms with van der Waals surface area (Å²) in [5, 5.41) is 8.81. The summed E-state index contributed by atoms with van der Waals surface area (Å²) in [6.07, 6.45) is 0.837. The van der Waals surface area contributed by atoms with E-state index in [9.17, 15) is 9.18 Å². The predicted molar refractivity (Wildman–Crippen MR) is 41.6 cm³/mol. The van der Waals surface area contributed by atoms with Crippen LogP contribution >= 0.6 is 0 Å². The van der Waals surface area contributed by atoms with Crippen molar-refractivity contribution >= 4 is 5.97 Å². The molecular formula is C8H8FNO3. The summed E-state index contributed by atoms with van der Waals surface area (Å²) < 4.78 is 17.2. The van der Waals surface area contributed by atoms with E-state index >= 15 is 0 Å². The van der Waals surface area contributed by atoms with Crippen molar-refractivity contribution in [2.75, 3.05) is 7.11 Å². The second-order valence-corrected chi connectivity index (χ2v) is 2.37. The van der Waals surface area contributed by atoms with Gasteiger partial charge in [-0.3, -0.25) is 9.78 Å². The Morgan fingerprint density at radius 3 is 3.00 bits per heavy atom. The van der Waals surface area contributed by atoms with Gasteiger partial charge >= 0.3 is 5.97 Å². The normalized spacial score (nSPS) is 9.69. The molecule has 0 saturated carbocycles. The molecule has 1 aromatic rings. The topological polar surface area (TPSA) is 59.4 Å². The highest BCUT2D eigenvalue weighted by Gasteiger charge is 2.09. The monoisotopic (exact) mass is 185 g/mol. The van der Waals surface area contributed by atoms with E-state index in [1.165, 1.54) is 7.11 Å². The first kappa shape index (κ1) is 9.44. The van der Waals surface area contributed by atoms with E-state index in [2.05, 4.69) is 9.72 Å². The van der Waals surface area contributed by atoms with Gasteiger partial charge in [-0.25, -0.2) is 4.39 Å². The molecule has 0 unspecified atom stereocenters. The second kappa shape index (κ2) is 3.84. The molecule has 0 fully saturated rings. The summed E-state index contributed by atoms with van der Waals surface area (Å²) in [6, 6.07) is 0.894. The maximum atomic E-state index is 12.9. The van der Waals surface area contributed by atoms with Crippen LogP contribution in [0.2, 0.25) is 0 Å². The average molecular weight is 185 g/mol. The number of nitrogens with zero attached hydrogens (tertiary/aromatic N) is 1. The van der Waals surface area contributed by atoms with Crippen molar-refractivity contribution in [1.29, 1.82) is 0 Å². The van der Waals surface area contributed by atoms with Crippen LogP contribution in [0.4, 0.5) is 4.39 Å². The molecule has 5 heteroatoms. The number of hydrogen-bond donors (Lipinski definition) is 1. The number of carbonyl (C=O) groups excluding carboxylic acids is 1. The third-order valence-electron chi connectivity index (χ3n) is 1.44. The minimum Gasteiger partial charge on any atom is -0.506 e. The zero-order valence-corrected chi connectivity index (χ0v) is 6.95. The van der Waals surface area contributed by atoms with Crippen LogP contribution < -0.4 is 0 Å². The van der Waals surface area contributed by atoms with Crippen LogP contribution in [0.15, 0.2) is 12.3 Å². The van der Waals surface area contributed by atoms with Crippen LogP contribution in [0.5, 0.6) is 5.75 Å². The van der Waals surface area contributed by atoms with Gasteiger partial charge in [0.15, 0.2) is 0 Å². The van der Waals surface area contributed by atoms with Gasteiger partial charge in [0.2, 0.25) is 0 Å². The van der Waals surface area contributed by atoms with Crippen molar-refractivity contribution in [2.45, 2.75) is 6.42 Å². The van der Waals surface area contributed by atoms with Crippen LogP contribution in [0, 0.1) is 5.82 Å². The van der Waals surface area contributed by atoms with E-state index in [1.807, 2.05) is 0 Å². The van der Waals surface area contributed by atoms with Gasteiger partial charge in [-0.2, -0.15) is 0 Å². The van der Waals surface area contributed by atoms with Crippen molar-refractivity contribution in [1.82, 2.24) is 4.98 Å². The molecule has 4 nitrogen and oxygen atoms in total. The van der Waals surface area contributed by atoms with Gasteiger partial charge in [-0.05, 0) is 0 Å². The first-order chi connectivity index (χ1) is 6.13. The molecule has 1 N–H and O–H groups in total. The Kier molecular flexibility index (Phi) is 2.79. The zero-order valence-electron chi connectivity index (χ0n) is 6.95. The summed E-state index contributed by atoms with van der Waals surface area (Å²) in [4.78, 5) is 14.3. The van der Waals surface area contributed by atoms with Gasteiger partial charge < -0.3 is 9.84 Å². The van der Waals surface area contributed by atoms with Crippen LogP contribution in [0.1, 0.15) is 5.69 Å². The molecule has 0 bridgehead atoms. The van der Waals surface area contributed by atoms with Crippen molar-refractivity contribution in [2.24, 2.45) is 0 Å². The fourth-order valence-corrected chi connectivity index (χ4v) is 0.795. The third kappa shape index (κ3) is 2.40. The molecule has 13 heavy (non-hydrogen) atoms. The highest BCUT2D eigenvalue weighted by molar-refractivity contribution is 5.71. The van der Waals surface area contributed by atoms with Crippen molar-refractivity contribution in [3.05, 3.63) is 23.8 Å². The number of hydrogen-bond acceptors (Lipinski definition) is 4. The van der Waals surface area contributed by atoms with Gasteiger partial charge in [0, 0.05) is 6.07 Å². The van der Waals surface area contributed by atoms with Crippen molar-refractivity contribution in [3.63, 3.8) is 0 Å². The van der Waals surface area contributed by atoms with Gasteiger partial charge in [0.1, 0.15) is 11.6 Å². The first-order valence-corrected chi connectivity index (χ1v) is 3.53. The molecule has 1 heterocycles. The van der Waals surface area contributed by atoms with E-state index in [4.69, 9.17) is 5.11 Å². The number of methoxy groups -OCH3 is 1. The quantitative estimate of drug-likeness (QED) is 0.687. The fraction of sp³-hybridized carbons (Fsp3) is 0.250. The smallest absolute Gasteiger partial charge is 0.311 e. The molecule has 0 aromatic carbocycles. The molecule has 0 aliphatic heterocycles. The largest absolute Gasteiger partial charge is 0.506 e. The maximum Gasteiger partial charge on any atom is 0.311 e. The Balaban J connectivity index is 2.83. The number of aromatic hydroxyl groups is 1. The van der Waals surface area contributed by atoms with Crippen molar-refractivity contribution in [3.8, 4) is 5.75 Å². The SMILES string of the molecule is COC(=O)Cc1ncc(O)cc1F. The highest BCUT2D eigenvalue weighted by Crippen LogP contribution is 2.12. The van der Waals surface area contributed by atoms with E-state index in [1.54, 1.807) is 0 Å². The van der Waals surface area contributed by atoms with Gasteiger partial charge in [-0.1, -0.05) is 0 Å². The maximum absolute atomic E-state index is 12.9. The Labute approximate surface area is 74.0 Å². The lowest BCUT2D eigenvalue weighted by Crippen LogP contribution is -2.07.